The summed E-state index contributed by atoms with van der Waals surface area (Å²) < 4.78 is 30.4. The Morgan fingerprint density at radius 3 is 2.81 bits per heavy atom. The maximum Gasteiger partial charge on any atom is 0.225 e. The molecule has 142 valence electrons. The third kappa shape index (κ3) is 4.57. The second-order valence-electron chi connectivity index (χ2n) is 6.40. The topological polar surface area (TPSA) is 92.8 Å². The molecule has 26 heavy (non-hydrogen) atoms. The van der Waals surface area contributed by atoms with E-state index in [2.05, 4.69) is 5.32 Å². The van der Waals surface area contributed by atoms with Gasteiger partial charge in [-0.05, 0) is 18.2 Å². The lowest BCUT2D eigenvalue weighted by atomic mass is 10.3. The van der Waals surface area contributed by atoms with Crippen LogP contribution in [-0.2, 0) is 24.2 Å². The van der Waals surface area contributed by atoms with E-state index < -0.39 is 9.84 Å². The smallest absolute Gasteiger partial charge is 0.225 e. The van der Waals surface area contributed by atoms with E-state index in [1.165, 1.54) is 6.07 Å². The van der Waals surface area contributed by atoms with Crippen molar-refractivity contribution in [1.82, 2.24) is 4.90 Å². The Morgan fingerprint density at radius 2 is 2.08 bits per heavy atom. The van der Waals surface area contributed by atoms with Crippen LogP contribution in [0.4, 0.5) is 5.69 Å². The van der Waals surface area contributed by atoms with Crippen molar-refractivity contribution in [2.75, 3.05) is 37.4 Å². The Kier molecular flexibility index (Phi) is 5.89. The first-order chi connectivity index (χ1) is 12.3. The number of morpholine rings is 1. The first-order valence-corrected chi connectivity index (χ1v) is 11.1. The van der Waals surface area contributed by atoms with Crippen LogP contribution in [0, 0.1) is 0 Å². The van der Waals surface area contributed by atoms with Crippen molar-refractivity contribution in [3.8, 4) is 0 Å². The van der Waals surface area contributed by atoms with Gasteiger partial charge in [-0.1, -0.05) is 6.92 Å². The number of thioether (sulfide) groups is 1. The maximum absolute atomic E-state index is 12.6. The number of hydrogen-bond acceptors (Lipinski definition) is 6. The zero-order valence-electron chi connectivity index (χ0n) is 14.6. The first kappa shape index (κ1) is 19.2. The van der Waals surface area contributed by atoms with Crippen molar-refractivity contribution in [2.24, 2.45) is 0 Å². The third-order valence-corrected chi connectivity index (χ3v) is 7.23. The van der Waals surface area contributed by atoms with Crippen LogP contribution >= 0.6 is 11.8 Å². The highest BCUT2D eigenvalue weighted by atomic mass is 32.2. The summed E-state index contributed by atoms with van der Waals surface area (Å²) in [5, 5.41) is 2.90. The molecule has 1 atom stereocenters. The van der Waals surface area contributed by atoms with Gasteiger partial charge in [0.15, 0.2) is 9.84 Å². The predicted molar refractivity (Wildman–Crippen MR) is 99.1 cm³/mol. The molecule has 1 aromatic carbocycles. The standard InChI is InChI=1S/C17H22N2O5S2/c1-12-10-16(20)18-14-11-13(2-3-15(14)25-12)26(22,23)9-4-17(21)19-5-7-24-8-6-19/h2-3,11-12H,4-10H2,1H3,(H,18,20)/t12-/m0/s1. The van der Waals surface area contributed by atoms with Crippen LogP contribution in [0.3, 0.4) is 0 Å². The lowest BCUT2D eigenvalue weighted by molar-refractivity contribution is -0.134. The highest BCUT2D eigenvalue weighted by molar-refractivity contribution is 8.00. The number of hydrogen-bond donors (Lipinski definition) is 1. The minimum Gasteiger partial charge on any atom is -0.378 e. The monoisotopic (exact) mass is 398 g/mol. The summed E-state index contributed by atoms with van der Waals surface area (Å²) in [5.74, 6) is -0.551. The third-order valence-electron chi connectivity index (χ3n) is 4.33. The normalized spacial score (nSPS) is 20.9. The quantitative estimate of drug-likeness (QED) is 0.827. The van der Waals surface area contributed by atoms with Gasteiger partial charge in [0.2, 0.25) is 11.8 Å². The fourth-order valence-electron chi connectivity index (χ4n) is 2.93. The van der Waals surface area contributed by atoms with Crippen molar-refractivity contribution >= 4 is 39.1 Å². The van der Waals surface area contributed by atoms with Gasteiger partial charge in [-0.15, -0.1) is 11.8 Å². The maximum atomic E-state index is 12.6. The molecule has 7 nitrogen and oxygen atoms in total. The molecule has 1 fully saturated rings. The van der Waals surface area contributed by atoms with Gasteiger partial charge in [-0.3, -0.25) is 9.59 Å². The molecule has 2 heterocycles. The number of benzene rings is 1. The highest BCUT2D eigenvalue weighted by Crippen LogP contribution is 2.36. The van der Waals surface area contributed by atoms with Gasteiger partial charge >= 0.3 is 0 Å². The van der Waals surface area contributed by atoms with Gasteiger partial charge in [0, 0.05) is 36.1 Å². The lowest BCUT2D eigenvalue weighted by Crippen LogP contribution is -2.41. The summed E-state index contributed by atoms with van der Waals surface area (Å²) in [4.78, 5) is 26.7. The van der Waals surface area contributed by atoms with E-state index in [9.17, 15) is 18.0 Å². The van der Waals surface area contributed by atoms with E-state index >= 15 is 0 Å². The van der Waals surface area contributed by atoms with Crippen LogP contribution < -0.4 is 5.32 Å². The Labute approximate surface area is 157 Å². The molecule has 0 aliphatic carbocycles. The second kappa shape index (κ2) is 7.98. The molecule has 2 aliphatic rings. The SMILES string of the molecule is C[C@H]1CC(=O)Nc2cc(S(=O)(=O)CCC(=O)N3CCOCC3)ccc2S1. The molecule has 0 saturated carbocycles. The molecule has 1 aromatic rings. The number of rotatable bonds is 4. The van der Waals surface area contributed by atoms with E-state index in [1.54, 1.807) is 28.8 Å². The number of nitrogens with one attached hydrogen (secondary N) is 1. The molecule has 0 radical (unpaired) electrons. The molecule has 0 spiro atoms. The van der Waals surface area contributed by atoms with Crippen LogP contribution in [0.15, 0.2) is 28.0 Å². The zero-order chi connectivity index (χ0) is 18.7. The summed E-state index contributed by atoms with van der Waals surface area (Å²) in [6.07, 6.45) is 0.326. The van der Waals surface area contributed by atoms with Crippen LogP contribution in [0.5, 0.6) is 0 Å². The van der Waals surface area contributed by atoms with Gasteiger partial charge in [-0.25, -0.2) is 8.42 Å². The van der Waals surface area contributed by atoms with E-state index in [-0.39, 0.29) is 34.1 Å². The molecule has 9 heteroatoms. The molecule has 1 N–H and O–H groups in total. The summed E-state index contributed by atoms with van der Waals surface area (Å²) in [5.41, 5.74) is 0.518. The summed E-state index contributed by atoms with van der Waals surface area (Å²) in [6, 6.07) is 4.76. The molecule has 0 bridgehead atoms. The largest absolute Gasteiger partial charge is 0.378 e. The van der Waals surface area contributed by atoms with Crippen LogP contribution in [-0.4, -0.2) is 62.4 Å². The van der Waals surface area contributed by atoms with Crippen LogP contribution in [0.1, 0.15) is 19.8 Å². The number of sulfone groups is 1. The number of anilines is 1. The van der Waals surface area contributed by atoms with Crippen LogP contribution in [0.2, 0.25) is 0 Å². The zero-order valence-corrected chi connectivity index (χ0v) is 16.2. The number of nitrogens with zero attached hydrogens (tertiary/aromatic N) is 1. The number of carbonyl (C=O) groups is 2. The predicted octanol–water partition coefficient (Wildman–Crippen LogP) is 1.53. The molecule has 2 aliphatic heterocycles. The summed E-state index contributed by atoms with van der Waals surface area (Å²) in [7, 11) is -3.61. The Hall–Kier alpha value is -1.58. The van der Waals surface area contributed by atoms with Crippen molar-refractivity contribution in [2.45, 2.75) is 34.8 Å². The fourth-order valence-corrected chi connectivity index (χ4v) is 5.24. The number of amides is 2. The Bertz CT molecular complexity index is 803. The van der Waals surface area contributed by atoms with Crippen molar-refractivity contribution in [3.63, 3.8) is 0 Å². The molecule has 0 unspecified atom stereocenters. The van der Waals surface area contributed by atoms with Crippen molar-refractivity contribution in [3.05, 3.63) is 18.2 Å². The number of carbonyl (C=O) groups excluding carboxylic acids is 2. The Balaban J connectivity index is 1.71. The van der Waals surface area contributed by atoms with Gasteiger partial charge in [0.05, 0.1) is 29.5 Å². The molecule has 0 aromatic heterocycles. The number of ether oxygens (including phenoxy) is 1. The van der Waals surface area contributed by atoms with E-state index in [4.69, 9.17) is 4.74 Å². The minimum atomic E-state index is -3.61. The van der Waals surface area contributed by atoms with Gasteiger partial charge in [0.1, 0.15) is 0 Å². The molecule has 2 amide bonds. The molecule has 1 saturated heterocycles. The minimum absolute atomic E-state index is 0.0580. The van der Waals surface area contributed by atoms with Gasteiger partial charge in [-0.2, -0.15) is 0 Å². The average Bonchev–Trinajstić information content (AvgIpc) is 2.76. The lowest BCUT2D eigenvalue weighted by Gasteiger charge is -2.26. The molecular formula is C17H22N2O5S2. The summed E-state index contributed by atoms with van der Waals surface area (Å²) >= 11 is 1.54. The summed E-state index contributed by atoms with van der Waals surface area (Å²) in [6.45, 7) is 3.93. The van der Waals surface area contributed by atoms with E-state index in [0.29, 0.717) is 38.4 Å². The van der Waals surface area contributed by atoms with Crippen molar-refractivity contribution in [1.29, 1.82) is 0 Å². The van der Waals surface area contributed by atoms with Crippen molar-refractivity contribution < 1.29 is 22.7 Å². The number of fused-ring (bicyclic) bond motifs is 1. The van der Waals surface area contributed by atoms with Gasteiger partial charge < -0.3 is 15.0 Å². The second-order valence-corrected chi connectivity index (χ2v) is 9.99. The highest BCUT2D eigenvalue weighted by Gasteiger charge is 2.24. The van der Waals surface area contributed by atoms with E-state index in [0.717, 1.165) is 4.90 Å². The van der Waals surface area contributed by atoms with E-state index in [1.807, 2.05) is 6.92 Å². The Morgan fingerprint density at radius 1 is 1.35 bits per heavy atom. The first-order valence-electron chi connectivity index (χ1n) is 8.54. The fraction of sp³-hybridized carbons (Fsp3) is 0.529. The average molecular weight is 399 g/mol. The van der Waals surface area contributed by atoms with Crippen LogP contribution in [0.25, 0.3) is 0 Å². The molecule has 3 rings (SSSR count). The van der Waals surface area contributed by atoms with Gasteiger partial charge in [0.25, 0.3) is 0 Å². The molecular weight excluding hydrogens is 376 g/mol.